The van der Waals surface area contributed by atoms with Gasteiger partial charge in [0.05, 0.1) is 0 Å². The minimum atomic E-state index is -0.178. The molecule has 3 heteroatoms. The number of hydrogen-bond donors (Lipinski definition) is 1. The molecule has 1 nitrogen and oxygen atoms in total. The monoisotopic (exact) mass is 199 g/mol. The summed E-state index contributed by atoms with van der Waals surface area (Å²) in [5.41, 5.74) is 1.14. The highest BCUT2D eigenvalue weighted by Crippen LogP contribution is 2.16. The van der Waals surface area contributed by atoms with Gasteiger partial charge in [-0.1, -0.05) is 12.1 Å². The van der Waals surface area contributed by atoms with Crippen LogP contribution in [0.5, 0.6) is 0 Å². The second-order valence-electron chi connectivity index (χ2n) is 2.85. The van der Waals surface area contributed by atoms with Crippen molar-refractivity contribution in [1.29, 1.82) is 0 Å². The van der Waals surface area contributed by atoms with E-state index in [2.05, 4.69) is 11.6 Å². The molecule has 1 rings (SSSR count). The van der Waals surface area contributed by atoms with E-state index < -0.39 is 0 Å². The molecule has 1 unspecified atom stereocenters. The van der Waals surface area contributed by atoms with E-state index in [0.717, 1.165) is 11.3 Å². The van der Waals surface area contributed by atoms with Gasteiger partial charge in [0.15, 0.2) is 0 Å². The van der Waals surface area contributed by atoms with Gasteiger partial charge in [0.25, 0.3) is 0 Å². The van der Waals surface area contributed by atoms with Gasteiger partial charge in [0.1, 0.15) is 5.82 Å². The van der Waals surface area contributed by atoms with Gasteiger partial charge >= 0.3 is 0 Å². The molecule has 0 saturated carbocycles. The number of nitrogens with one attached hydrogen (secondary N) is 1. The van der Waals surface area contributed by atoms with Gasteiger partial charge in [-0.05, 0) is 31.0 Å². The van der Waals surface area contributed by atoms with Crippen LogP contribution in [0.1, 0.15) is 11.6 Å². The summed E-state index contributed by atoms with van der Waals surface area (Å²) < 4.78 is 12.6. The highest BCUT2D eigenvalue weighted by atomic mass is 32.2. The van der Waals surface area contributed by atoms with Crippen molar-refractivity contribution in [2.45, 2.75) is 6.04 Å². The topological polar surface area (TPSA) is 12.0 Å². The predicted molar refractivity (Wildman–Crippen MR) is 56.6 cm³/mol. The van der Waals surface area contributed by atoms with E-state index in [9.17, 15) is 4.39 Å². The first kappa shape index (κ1) is 10.5. The lowest BCUT2D eigenvalue weighted by Gasteiger charge is -2.14. The second-order valence-corrected chi connectivity index (χ2v) is 3.76. The molecule has 0 aliphatic rings. The number of halogens is 1. The van der Waals surface area contributed by atoms with Crippen LogP contribution in [-0.2, 0) is 0 Å². The molecule has 1 N–H and O–H groups in total. The molecule has 0 spiro atoms. The first-order valence-electron chi connectivity index (χ1n) is 4.19. The Bertz CT molecular complexity index is 248. The van der Waals surface area contributed by atoms with Crippen LogP contribution in [0.25, 0.3) is 0 Å². The summed E-state index contributed by atoms with van der Waals surface area (Å²) in [5.74, 6) is 0.824. The van der Waals surface area contributed by atoms with E-state index >= 15 is 0 Å². The smallest absolute Gasteiger partial charge is 0.123 e. The zero-order chi connectivity index (χ0) is 9.68. The van der Waals surface area contributed by atoms with Crippen molar-refractivity contribution < 1.29 is 4.39 Å². The lowest BCUT2D eigenvalue weighted by Crippen LogP contribution is -2.18. The van der Waals surface area contributed by atoms with Gasteiger partial charge in [0.2, 0.25) is 0 Å². The molecule has 0 amide bonds. The molecule has 0 fully saturated rings. The number of thioether (sulfide) groups is 1. The van der Waals surface area contributed by atoms with Crippen LogP contribution in [0.3, 0.4) is 0 Å². The molecule has 0 saturated heterocycles. The van der Waals surface area contributed by atoms with Crippen molar-refractivity contribution in [1.82, 2.24) is 5.32 Å². The summed E-state index contributed by atoms with van der Waals surface area (Å²) in [6.45, 7) is 0. The quantitative estimate of drug-likeness (QED) is 0.799. The molecule has 1 aromatic rings. The first-order chi connectivity index (χ1) is 6.27. The fourth-order valence-corrected chi connectivity index (χ4v) is 1.90. The lowest BCUT2D eigenvalue weighted by molar-refractivity contribution is 0.620. The van der Waals surface area contributed by atoms with E-state index in [1.807, 2.05) is 19.2 Å². The third kappa shape index (κ3) is 3.01. The maximum Gasteiger partial charge on any atom is 0.123 e. The SMILES string of the molecule is CNC(CSC)c1ccc(F)cc1. The zero-order valence-corrected chi connectivity index (χ0v) is 8.70. The summed E-state index contributed by atoms with van der Waals surface area (Å²) in [6, 6.07) is 6.97. The van der Waals surface area contributed by atoms with Crippen molar-refractivity contribution in [2.75, 3.05) is 19.1 Å². The average Bonchev–Trinajstić information content (AvgIpc) is 2.16. The van der Waals surface area contributed by atoms with Crippen molar-refractivity contribution >= 4 is 11.8 Å². The van der Waals surface area contributed by atoms with E-state index in [-0.39, 0.29) is 5.82 Å². The van der Waals surface area contributed by atoms with Crippen molar-refractivity contribution in [3.8, 4) is 0 Å². The molecule has 0 aromatic heterocycles. The van der Waals surface area contributed by atoms with E-state index in [0.29, 0.717) is 6.04 Å². The Morgan fingerprint density at radius 3 is 2.46 bits per heavy atom. The van der Waals surface area contributed by atoms with Gasteiger partial charge in [-0.25, -0.2) is 4.39 Å². The third-order valence-corrected chi connectivity index (χ3v) is 2.62. The van der Waals surface area contributed by atoms with Crippen LogP contribution in [0, 0.1) is 5.82 Å². The van der Waals surface area contributed by atoms with E-state index in [1.54, 1.807) is 11.8 Å². The van der Waals surface area contributed by atoms with Gasteiger partial charge in [-0.2, -0.15) is 11.8 Å². The predicted octanol–water partition coefficient (Wildman–Crippen LogP) is 2.45. The Morgan fingerprint density at radius 2 is 2.00 bits per heavy atom. The summed E-state index contributed by atoms with van der Waals surface area (Å²) in [6.07, 6.45) is 2.06. The van der Waals surface area contributed by atoms with Crippen LogP contribution < -0.4 is 5.32 Å². The molecule has 1 atom stereocenters. The van der Waals surface area contributed by atoms with Gasteiger partial charge in [0, 0.05) is 11.8 Å². The molecule has 13 heavy (non-hydrogen) atoms. The summed E-state index contributed by atoms with van der Waals surface area (Å²) in [5, 5.41) is 3.20. The molecule has 0 aliphatic carbocycles. The molecule has 0 bridgehead atoms. The maximum absolute atomic E-state index is 12.6. The van der Waals surface area contributed by atoms with Crippen LogP contribution >= 0.6 is 11.8 Å². The molecular weight excluding hydrogens is 185 g/mol. The normalized spacial score (nSPS) is 12.8. The minimum Gasteiger partial charge on any atom is -0.312 e. The van der Waals surface area contributed by atoms with E-state index in [1.165, 1.54) is 12.1 Å². The highest BCUT2D eigenvalue weighted by molar-refractivity contribution is 7.98. The molecule has 72 valence electrons. The average molecular weight is 199 g/mol. The summed E-state index contributed by atoms with van der Waals surface area (Å²) in [4.78, 5) is 0. The molecular formula is C10H14FNS. The largest absolute Gasteiger partial charge is 0.312 e. The fraction of sp³-hybridized carbons (Fsp3) is 0.400. The van der Waals surface area contributed by atoms with Crippen LogP contribution in [0.15, 0.2) is 24.3 Å². The Balaban J connectivity index is 2.73. The first-order valence-corrected chi connectivity index (χ1v) is 5.59. The Morgan fingerprint density at radius 1 is 1.38 bits per heavy atom. The van der Waals surface area contributed by atoms with Crippen LogP contribution in [0.2, 0.25) is 0 Å². The second kappa shape index (κ2) is 5.25. The van der Waals surface area contributed by atoms with E-state index in [4.69, 9.17) is 0 Å². The molecule has 0 radical (unpaired) electrons. The third-order valence-electron chi connectivity index (χ3n) is 1.95. The number of rotatable bonds is 4. The number of hydrogen-bond acceptors (Lipinski definition) is 2. The summed E-state index contributed by atoms with van der Waals surface area (Å²) in [7, 11) is 1.92. The summed E-state index contributed by atoms with van der Waals surface area (Å²) >= 11 is 1.78. The maximum atomic E-state index is 12.6. The zero-order valence-electron chi connectivity index (χ0n) is 7.88. The fourth-order valence-electron chi connectivity index (χ4n) is 1.21. The standard InChI is InChI=1S/C10H14FNS/c1-12-10(7-13-2)8-3-5-9(11)6-4-8/h3-6,10,12H,7H2,1-2H3. The molecule has 1 aromatic carbocycles. The van der Waals surface area contributed by atoms with Crippen LogP contribution in [-0.4, -0.2) is 19.1 Å². The van der Waals surface area contributed by atoms with Gasteiger partial charge in [-0.3, -0.25) is 0 Å². The molecule has 0 heterocycles. The Hall–Kier alpha value is -0.540. The van der Waals surface area contributed by atoms with Crippen molar-refractivity contribution in [3.63, 3.8) is 0 Å². The Kier molecular flexibility index (Phi) is 4.25. The van der Waals surface area contributed by atoms with Crippen molar-refractivity contribution in [2.24, 2.45) is 0 Å². The Labute approximate surface area is 82.7 Å². The molecule has 0 aliphatic heterocycles. The highest BCUT2D eigenvalue weighted by Gasteiger charge is 2.07. The number of benzene rings is 1. The van der Waals surface area contributed by atoms with Gasteiger partial charge in [-0.15, -0.1) is 0 Å². The minimum absolute atomic E-state index is 0.178. The lowest BCUT2D eigenvalue weighted by atomic mass is 10.1. The van der Waals surface area contributed by atoms with Gasteiger partial charge < -0.3 is 5.32 Å². The van der Waals surface area contributed by atoms with Crippen LogP contribution in [0.4, 0.5) is 4.39 Å². The van der Waals surface area contributed by atoms with Crippen molar-refractivity contribution in [3.05, 3.63) is 35.6 Å².